The van der Waals surface area contributed by atoms with E-state index in [1.807, 2.05) is 36.4 Å². The molecule has 4 nitrogen and oxygen atoms in total. The number of benzene rings is 2. The van der Waals surface area contributed by atoms with E-state index in [1.165, 1.54) is 0 Å². The lowest BCUT2D eigenvalue weighted by Gasteiger charge is -2.00. The van der Waals surface area contributed by atoms with Crippen LogP contribution in [0.15, 0.2) is 81.8 Å². The highest BCUT2D eigenvalue weighted by molar-refractivity contribution is 6.34. The number of halogens is 1. The molecule has 0 spiro atoms. The van der Waals surface area contributed by atoms with E-state index in [9.17, 15) is 4.79 Å². The molecule has 1 aliphatic heterocycles. The fourth-order valence-electron chi connectivity index (χ4n) is 2.48. The fraction of sp³-hybridized carbons (Fsp3) is 0. The van der Waals surface area contributed by atoms with Crippen LogP contribution in [0.4, 0.5) is 0 Å². The molecule has 0 amide bonds. The lowest BCUT2D eigenvalue weighted by Crippen LogP contribution is -2.05. The van der Waals surface area contributed by atoms with Crippen LogP contribution in [0.5, 0.6) is 0 Å². The Morgan fingerprint density at radius 2 is 1.68 bits per heavy atom. The van der Waals surface area contributed by atoms with Gasteiger partial charge in [-0.1, -0.05) is 54.1 Å². The van der Waals surface area contributed by atoms with Crippen LogP contribution in [0.2, 0.25) is 5.02 Å². The SMILES string of the molecule is O=C1OC(c2ccccc2Cl)=N/C1=C/c1ccc(-c2ccccc2)o1. The Morgan fingerprint density at radius 1 is 0.920 bits per heavy atom. The van der Waals surface area contributed by atoms with Gasteiger partial charge in [-0.05, 0) is 24.3 Å². The molecule has 2 aromatic carbocycles. The number of nitrogens with zero attached hydrogens (tertiary/aromatic N) is 1. The van der Waals surface area contributed by atoms with Crippen molar-refractivity contribution < 1.29 is 13.9 Å². The van der Waals surface area contributed by atoms with Gasteiger partial charge in [0.2, 0.25) is 5.90 Å². The summed E-state index contributed by atoms with van der Waals surface area (Å²) >= 11 is 6.12. The molecule has 0 radical (unpaired) electrons. The fourth-order valence-corrected chi connectivity index (χ4v) is 2.70. The molecule has 0 aliphatic carbocycles. The van der Waals surface area contributed by atoms with E-state index < -0.39 is 5.97 Å². The first kappa shape index (κ1) is 15.4. The zero-order valence-corrected chi connectivity index (χ0v) is 13.7. The van der Waals surface area contributed by atoms with Gasteiger partial charge in [0.1, 0.15) is 11.5 Å². The summed E-state index contributed by atoms with van der Waals surface area (Å²) in [4.78, 5) is 16.3. The third-order valence-electron chi connectivity index (χ3n) is 3.69. The van der Waals surface area contributed by atoms with Crippen molar-refractivity contribution in [3.8, 4) is 11.3 Å². The average Bonchev–Trinajstić information content (AvgIpc) is 3.24. The average molecular weight is 350 g/mol. The number of carbonyl (C=O) groups excluding carboxylic acids is 1. The maximum absolute atomic E-state index is 12.1. The first-order valence-electron chi connectivity index (χ1n) is 7.63. The van der Waals surface area contributed by atoms with Crippen LogP contribution in [-0.4, -0.2) is 11.9 Å². The van der Waals surface area contributed by atoms with E-state index >= 15 is 0 Å². The Morgan fingerprint density at radius 3 is 2.48 bits per heavy atom. The van der Waals surface area contributed by atoms with Gasteiger partial charge in [0.05, 0.1) is 10.6 Å². The molecule has 1 aliphatic rings. The maximum atomic E-state index is 12.1. The Hall–Kier alpha value is -3.11. The van der Waals surface area contributed by atoms with Gasteiger partial charge in [-0.2, -0.15) is 0 Å². The van der Waals surface area contributed by atoms with Gasteiger partial charge in [0.15, 0.2) is 5.70 Å². The van der Waals surface area contributed by atoms with Crippen LogP contribution in [0, 0.1) is 0 Å². The summed E-state index contributed by atoms with van der Waals surface area (Å²) in [5.41, 5.74) is 1.70. The van der Waals surface area contributed by atoms with Crippen LogP contribution < -0.4 is 0 Å². The number of aliphatic imine (C=N–C) groups is 1. The Kier molecular flexibility index (Phi) is 3.96. The quantitative estimate of drug-likeness (QED) is 0.497. The Labute approximate surface area is 149 Å². The molecule has 2 heterocycles. The van der Waals surface area contributed by atoms with Crippen molar-refractivity contribution in [2.45, 2.75) is 0 Å². The van der Waals surface area contributed by atoms with Crippen molar-refractivity contribution in [1.29, 1.82) is 0 Å². The van der Waals surface area contributed by atoms with E-state index in [0.717, 1.165) is 5.56 Å². The first-order chi connectivity index (χ1) is 12.2. The second-order valence-corrected chi connectivity index (χ2v) is 5.79. The number of hydrogen-bond acceptors (Lipinski definition) is 4. The van der Waals surface area contributed by atoms with Crippen molar-refractivity contribution in [2.24, 2.45) is 4.99 Å². The van der Waals surface area contributed by atoms with Crippen LogP contribution in [0.3, 0.4) is 0 Å². The molecule has 0 saturated heterocycles. The van der Waals surface area contributed by atoms with Gasteiger partial charge in [-0.3, -0.25) is 0 Å². The topological polar surface area (TPSA) is 51.8 Å². The second kappa shape index (κ2) is 6.42. The molecule has 25 heavy (non-hydrogen) atoms. The molecule has 3 aromatic rings. The number of hydrogen-bond donors (Lipinski definition) is 0. The molecular formula is C20H12ClNO3. The van der Waals surface area contributed by atoms with Gasteiger partial charge >= 0.3 is 5.97 Å². The largest absolute Gasteiger partial charge is 0.457 e. The summed E-state index contributed by atoms with van der Waals surface area (Å²) in [7, 11) is 0. The van der Waals surface area contributed by atoms with E-state index in [2.05, 4.69) is 4.99 Å². The van der Waals surface area contributed by atoms with E-state index in [1.54, 1.807) is 36.4 Å². The molecule has 0 bridgehead atoms. The van der Waals surface area contributed by atoms with Crippen molar-refractivity contribution >= 4 is 29.5 Å². The van der Waals surface area contributed by atoms with Crippen LogP contribution >= 0.6 is 11.6 Å². The monoisotopic (exact) mass is 349 g/mol. The lowest BCUT2D eigenvalue weighted by molar-refractivity contribution is -0.129. The van der Waals surface area contributed by atoms with Crippen molar-refractivity contribution in [2.75, 3.05) is 0 Å². The summed E-state index contributed by atoms with van der Waals surface area (Å²) in [6.45, 7) is 0. The zero-order chi connectivity index (χ0) is 17.2. The number of rotatable bonds is 3. The second-order valence-electron chi connectivity index (χ2n) is 5.38. The highest BCUT2D eigenvalue weighted by atomic mass is 35.5. The highest BCUT2D eigenvalue weighted by Crippen LogP contribution is 2.26. The van der Waals surface area contributed by atoms with Gasteiger partial charge in [-0.15, -0.1) is 0 Å². The minimum absolute atomic E-state index is 0.170. The van der Waals surface area contributed by atoms with Crippen LogP contribution in [0.1, 0.15) is 11.3 Å². The Bertz CT molecular complexity index is 1000. The molecular weight excluding hydrogens is 338 g/mol. The minimum Gasteiger partial charge on any atom is -0.457 e. The predicted octanol–water partition coefficient (Wildman–Crippen LogP) is 4.94. The molecule has 0 N–H and O–H groups in total. The minimum atomic E-state index is -0.535. The number of ether oxygens (including phenoxy) is 1. The number of esters is 1. The molecule has 0 unspecified atom stereocenters. The van der Waals surface area contributed by atoms with Crippen LogP contribution in [0.25, 0.3) is 17.4 Å². The summed E-state index contributed by atoms with van der Waals surface area (Å²) < 4.78 is 11.0. The van der Waals surface area contributed by atoms with Gasteiger partial charge < -0.3 is 9.15 Å². The third kappa shape index (κ3) is 3.12. The summed E-state index contributed by atoms with van der Waals surface area (Å²) in [6, 6.07) is 20.4. The molecule has 0 fully saturated rings. The van der Waals surface area contributed by atoms with E-state index in [4.69, 9.17) is 20.8 Å². The highest BCUT2D eigenvalue weighted by Gasteiger charge is 2.25. The number of cyclic esters (lactones) is 1. The van der Waals surface area contributed by atoms with Gasteiger partial charge in [-0.25, -0.2) is 9.79 Å². The lowest BCUT2D eigenvalue weighted by atomic mass is 10.2. The van der Waals surface area contributed by atoms with Crippen LogP contribution in [-0.2, 0) is 9.53 Å². The summed E-state index contributed by atoms with van der Waals surface area (Å²) in [5, 5.41) is 0.472. The first-order valence-corrected chi connectivity index (χ1v) is 8.01. The zero-order valence-electron chi connectivity index (χ0n) is 13.0. The molecule has 4 rings (SSSR count). The molecule has 5 heteroatoms. The normalized spacial score (nSPS) is 15.3. The standard InChI is InChI=1S/C20H12ClNO3/c21-16-9-5-4-8-15(16)19-22-17(20(23)25-19)12-14-10-11-18(24-14)13-6-2-1-3-7-13/h1-12H/b17-12+. The van der Waals surface area contributed by atoms with Crippen molar-refractivity contribution in [3.05, 3.63) is 88.8 Å². The van der Waals surface area contributed by atoms with E-state index in [-0.39, 0.29) is 11.6 Å². The number of furan rings is 1. The van der Waals surface area contributed by atoms with Crippen molar-refractivity contribution in [3.63, 3.8) is 0 Å². The number of carbonyl (C=O) groups is 1. The third-order valence-corrected chi connectivity index (χ3v) is 4.02. The molecule has 1 aromatic heterocycles. The molecule has 122 valence electrons. The summed E-state index contributed by atoms with van der Waals surface area (Å²) in [6.07, 6.45) is 1.55. The Balaban J connectivity index is 1.65. The smallest absolute Gasteiger partial charge is 0.363 e. The molecule has 0 saturated carbocycles. The van der Waals surface area contributed by atoms with E-state index in [0.29, 0.717) is 22.1 Å². The van der Waals surface area contributed by atoms with Gasteiger partial charge in [0, 0.05) is 11.6 Å². The van der Waals surface area contributed by atoms with Crippen molar-refractivity contribution in [1.82, 2.24) is 0 Å². The maximum Gasteiger partial charge on any atom is 0.363 e. The molecule has 0 atom stereocenters. The predicted molar refractivity (Wildman–Crippen MR) is 96.2 cm³/mol. The van der Waals surface area contributed by atoms with Gasteiger partial charge in [0.25, 0.3) is 0 Å². The summed E-state index contributed by atoms with van der Waals surface area (Å²) in [5.74, 6) is 0.897.